The normalized spacial score (nSPS) is 18.9. The first kappa shape index (κ1) is 12.4. The number of hydrogen-bond donors (Lipinski definition) is 2. The van der Waals surface area contributed by atoms with E-state index in [4.69, 9.17) is 9.84 Å². The molecule has 1 aliphatic rings. The first-order valence-corrected chi connectivity index (χ1v) is 5.99. The second-order valence-corrected chi connectivity index (χ2v) is 5.05. The van der Waals surface area contributed by atoms with Gasteiger partial charge in [0.25, 0.3) is 0 Å². The Morgan fingerprint density at radius 3 is 2.60 bits per heavy atom. The molecule has 0 amide bonds. The zero-order chi connectivity index (χ0) is 11.3. The summed E-state index contributed by atoms with van der Waals surface area (Å²) < 4.78 is 28.0. The molecular formula is C7H13NO6S. The Hall–Kier alpha value is -0.700. The molecule has 0 bridgehead atoms. The summed E-state index contributed by atoms with van der Waals surface area (Å²) in [6.45, 7) is 0.0947. The van der Waals surface area contributed by atoms with Crippen molar-refractivity contribution >= 4 is 16.0 Å². The van der Waals surface area contributed by atoms with E-state index in [9.17, 15) is 13.2 Å². The average Bonchev–Trinajstić information content (AvgIpc) is 2.18. The van der Waals surface area contributed by atoms with E-state index in [0.29, 0.717) is 26.1 Å². The third-order valence-corrected chi connectivity index (χ3v) is 3.68. The second-order valence-electron chi connectivity index (χ2n) is 3.12. The van der Waals surface area contributed by atoms with Gasteiger partial charge in [-0.05, 0) is 12.8 Å². The van der Waals surface area contributed by atoms with Gasteiger partial charge in [-0.15, -0.1) is 0 Å². The maximum Gasteiger partial charge on any atom is 0.331 e. The minimum absolute atomic E-state index is 0.393. The molecule has 0 aromatic rings. The van der Waals surface area contributed by atoms with Crippen LogP contribution in [0.2, 0.25) is 0 Å². The molecule has 0 aromatic heterocycles. The van der Waals surface area contributed by atoms with Crippen LogP contribution in [0.3, 0.4) is 0 Å². The Bertz CT molecular complexity index is 307. The van der Waals surface area contributed by atoms with Gasteiger partial charge in [-0.2, -0.15) is 0 Å². The van der Waals surface area contributed by atoms with E-state index < -0.39 is 27.8 Å². The molecule has 0 aromatic carbocycles. The molecule has 0 atom stereocenters. The molecule has 1 fully saturated rings. The number of rotatable bonds is 5. The lowest BCUT2D eigenvalue weighted by molar-refractivity contribution is -0.143. The topological polar surface area (TPSA) is 102 Å². The van der Waals surface area contributed by atoms with Crippen LogP contribution in [0.15, 0.2) is 0 Å². The van der Waals surface area contributed by atoms with E-state index in [1.165, 1.54) is 0 Å². The first-order chi connectivity index (χ1) is 7.02. The van der Waals surface area contributed by atoms with Crippen LogP contribution in [0.25, 0.3) is 0 Å². The molecule has 1 saturated heterocycles. The Morgan fingerprint density at radius 2 is 2.07 bits per heavy atom. The number of hydrogen-bond acceptors (Lipinski definition) is 5. The summed E-state index contributed by atoms with van der Waals surface area (Å²) in [5.74, 6) is -1.23. The largest absolute Gasteiger partial charge is 0.479 e. The highest BCUT2D eigenvalue weighted by Gasteiger charge is 2.27. The Morgan fingerprint density at radius 1 is 1.47 bits per heavy atom. The highest BCUT2D eigenvalue weighted by molar-refractivity contribution is 7.89. The van der Waals surface area contributed by atoms with Crippen molar-refractivity contribution in [1.29, 1.82) is 0 Å². The lowest BCUT2D eigenvalue weighted by Crippen LogP contribution is -2.38. The number of ether oxygens (including phenoxy) is 1. The van der Waals surface area contributed by atoms with E-state index >= 15 is 0 Å². The van der Waals surface area contributed by atoms with Gasteiger partial charge < -0.3 is 9.84 Å². The molecule has 15 heavy (non-hydrogen) atoms. The van der Waals surface area contributed by atoms with Crippen molar-refractivity contribution in [3.8, 4) is 0 Å². The highest BCUT2D eigenvalue weighted by atomic mass is 32.2. The van der Waals surface area contributed by atoms with Crippen LogP contribution >= 0.6 is 0 Å². The molecule has 2 N–H and O–H groups in total. The van der Waals surface area contributed by atoms with Gasteiger partial charge in [-0.3, -0.25) is 4.84 Å². The van der Waals surface area contributed by atoms with Gasteiger partial charge in [0.1, 0.15) is 0 Å². The predicted octanol–water partition coefficient (Wildman–Crippen LogP) is -0.899. The van der Waals surface area contributed by atoms with Crippen LogP contribution in [0, 0.1) is 0 Å². The number of sulfonamides is 1. The average molecular weight is 239 g/mol. The first-order valence-electron chi connectivity index (χ1n) is 4.44. The third kappa shape index (κ3) is 4.12. The van der Waals surface area contributed by atoms with Gasteiger partial charge >= 0.3 is 5.97 Å². The monoisotopic (exact) mass is 239 g/mol. The summed E-state index contributed by atoms with van der Waals surface area (Å²) >= 11 is 0. The van der Waals surface area contributed by atoms with E-state index in [-0.39, 0.29) is 0 Å². The summed E-state index contributed by atoms with van der Waals surface area (Å²) in [6, 6.07) is 0. The van der Waals surface area contributed by atoms with Gasteiger partial charge in [0.2, 0.25) is 10.0 Å². The molecule has 1 rings (SSSR count). The molecule has 0 radical (unpaired) electrons. The fraction of sp³-hybridized carbons (Fsp3) is 0.857. The van der Waals surface area contributed by atoms with Crippen molar-refractivity contribution in [2.24, 2.45) is 0 Å². The van der Waals surface area contributed by atoms with E-state index in [2.05, 4.69) is 4.84 Å². The van der Waals surface area contributed by atoms with Crippen molar-refractivity contribution in [2.75, 3.05) is 19.8 Å². The zero-order valence-corrected chi connectivity index (χ0v) is 8.83. The summed E-state index contributed by atoms with van der Waals surface area (Å²) in [5.41, 5.74) is 0. The maximum atomic E-state index is 11.5. The SMILES string of the molecule is O=C(O)CONS(=O)(=O)C1CCOCC1. The summed E-state index contributed by atoms with van der Waals surface area (Å²) in [6.07, 6.45) is 0.789. The molecule has 1 heterocycles. The number of nitrogens with one attached hydrogen (secondary N) is 1. The van der Waals surface area contributed by atoms with Crippen LogP contribution in [0.1, 0.15) is 12.8 Å². The molecule has 8 heteroatoms. The molecule has 7 nitrogen and oxygen atoms in total. The van der Waals surface area contributed by atoms with Gasteiger partial charge in [0.15, 0.2) is 6.61 Å². The summed E-state index contributed by atoms with van der Waals surface area (Å²) in [4.78, 5) is 16.2. The molecule has 88 valence electrons. The number of carboxylic acid groups (broad SMARTS) is 1. The van der Waals surface area contributed by atoms with Gasteiger partial charge in [-0.1, -0.05) is 4.89 Å². The molecule has 0 spiro atoms. The van der Waals surface area contributed by atoms with Crippen LogP contribution < -0.4 is 4.89 Å². The van der Waals surface area contributed by atoms with E-state index in [1.807, 2.05) is 0 Å². The van der Waals surface area contributed by atoms with Crippen molar-refractivity contribution in [3.63, 3.8) is 0 Å². The minimum Gasteiger partial charge on any atom is -0.479 e. The lowest BCUT2D eigenvalue weighted by atomic mass is 10.2. The summed E-state index contributed by atoms with van der Waals surface area (Å²) in [5, 5.41) is 7.67. The van der Waals surface area contributed by atoms with E-state index in [0.717, 1.165) is 0 Å². The number of carboxylic acids is 1. The lowest BCUT2D eigenvalue weighted by Gasteiger charge is -2.21. The zero-order valence-electron chi connectivity index (χ0n) is 8.01. The Labute approximate surface area is 87.4 Å². The maximum absolute atomic E-state index is 11.5. The Kier molecular flexibility index (Phi) is 4.45. The fourth-order valence-electron chi connectivity index (χ4n) is 1.23. The molecule has 1 aliphatic heterocycles. The van der Waals surface area contributed by atoms with Crippen LogP contribution in [-0.4, -0.2) is 44.6 Å². The van der Waals surface area contributed by atoms with Crippen molar-refractivity contribution in [3.05, 3.63) is 0 Å². The second kappa shape index (κ2) is 5.40. The smallest absolute Gasteiger partial charge is 0.331 e. The van der Waals surface area contributed by atoms with Gasteiger partial charge in [0, 0.05) is 13.2 Å². The molecular weight excluding hydrogens is 226 g/mol. The molecule has 0 aliphatic carbocycles. The summed E-state index contributed by atoms with van der Waals surface area (Å²) in [7, 11) is -3.59. The van der Waals surface area contributed by atoms with Crippen molar-refractivity contribution in [1.82, 2.24) is 4.89 Å². The van der Waals surface area contributed by atoms with Crippen LogP contribution in [-0.2, 0) is 24.4 Å². The number of carbonyl (C=O) groups is 1. The predicted molar refractivity (Wildman–Crippen MR) is 49.5 cm³/mol. The number of aliphatic carboxylic acids is 1. The van der Waals surface area contributed by atoms with E-state index in [1.54, 1.807) is 4.89 Å². The van der Waals surface area contributed by atoms with Crippen LogP contribution in [0.5, 0.6) is 0 Å². The Balaban J connectivity index is 2.40. The molecule has 0 unspecified atom stereocenters. The fourth-order valence-corrected chi connectivity index (χ4v) is 2.40. The quantitative estimate of drug-likeness (QED) is 0.603. The van der Waals surface area contributed by atoms with Crippen molar-refractivity contribution in [2.45, 2.75) is 18.1 Å². The third-order valence-electron chi connectivity index (χ3n) is 1.98. The standard InChI is InChI=1S/C7H13NO6S/c9-7(10)5-14-8-15(11,12)6-1-3-13-4-2-6/h6,8H,1-5H2,(H,9,10). The highest BCUT2D eigenvalue weighted by Crippen LogP contribution is 2.14. The van der Waals surface area contributed by atoms with Gasteiger partial charge in [-0.25, -0.2) is 13.2 Å². The molecule has 0 saturated carbocycles. The van der Waals surface area contributed by atoms with Crippen molar-refractivity contribution < 1.29 is 27.9 Å². The van der Waals surface area contributed by atoms with Crippen LogP contribution in [0.4, 0.5) is 0 Å². The minimum atomic E-state index is -3.59. The van der Waals surface area contributed by atoms with Gasteiger partial charge in [0.05, 0.1) is 5.25 Å².